The summed E-state index contributed by atoms with van der Waals surface area (Å²) in [6, 6.07) is 12.9. The van der Waals surface area contributed by atoms with Gasteiger partial charge in [0.25, 0.3) is 10.0 Å². The molecule has 0 radical (unpaired) electrons. The first-order chi connectivity index (χ1) is 13.8. The third-order valence-corrected chi connectivity index (χ3v) is 8.69. The van der Waals surface area contributed by atoms with Crippen LogP contribution in [0.4, 0.5) is 5.69 Å². The Bertz CT molecular complexity index is 1170. The van der Waals surface area contributed by atoms with Crippen LogP contribution in [0, 0.1) is 13.8 Å². The molecular weight excluding hydrogens is 406 g/mol. The van der Waals surface area contributed by atoms with Gasteiger partial charge in [-0.1, -0.05) is 12.1 Å². The number of hydrogen-bond acceptors (Lipinski definition) is 5. The summed E-state index contributed by atoms with van der Waals surface area (Å²) in [6.07, 6.45) is 1.60. The van der Waals surface area contributed by atoms with Crippen molar-refractivity contribution in [2.45, 2.75) is 18.1 Å². The van der Waals surface area contributed by atoms with Crippen molar-refractivity contribution < 1.29 is 8.42 Å². The summed E-state index contributed by atoms with van der Waals surface area (Å²) < 4.78 is 28.1. The van der Waals surface area contributed by atoms with Gasteiger partial charge in [0, 0.05) is 54.6 Å². The van der Waals surface area contributed by atoms with Crippen LogP contribution in [0.3, 0.4) is 0 Å². The molecule has 1 fully saturated rings. The number of sulfonamides is 1. The van der Waals surface area contributed by atoms with E-state index in [1.807, 2.05) is 0 Å². The maximum absolute atomic E-state index is 13.1. The zero-order valence-corrected chi connectivity index (χ0v) is 18.0. The molecule has 1 N–H and O–H groups in total. The predicted molar refractivity (Wildman–Crippen MR) is 117 cm³/mol. The minimum absolute atomic E-state index is 0.181. The monoisotopic (exact) mass is 429 g/mol. The van der Waals surface area contributed by atoms with Crippen LogP contribution in [0.2, 0.25) is 0 Å². The highest BCUT2D eigenvalue weighted by Gasteiger charge is 2.30. The number of piperazine rings is 1. The van der Waals surface area contributed by atoms with E-state index in [4.69, 9.17) is 0 Å². The molecule has 1 aromatic carbocycles. The third kappa shape index (κ3) is 4.01. The highest BCUT2D eigenvalue weighted by Crippen LogP contribution is 2.32. The van der Waals surface area contributed by atoms with Crippen molar-refractivity contribution in [1.29, 1.82) is 0 Å². The van der Waals surface area contributed by atoms with Crippen LogP contribution in [0.25, 0.3) is 10.4 Å². The number of benzene rings is 1. The van der Waals surface area contributed by atoms with Crippen molar-refractivity contribution in [3.05, 3.63) is 70.1 Å². The molecule has 2 aromatic heterocycles. The summed E-state index contributed by atoms with van der Waals surface area (Å²) in [5, 5.41) is 0. The van der Waals surface area contributed by atoms with Crippen molar-refractivity contribution in [3.8, 4) is 10.4 Å². The molecule has 3 aromatic rings. The summed E-state index contributed by atoms with van der Waals surface area (Å²) >= 11 is 1.23. The minimum Gasteiger partial charge on any atom is -0.369 e. The van der Waals surface area contributed by atoms with Crippen LogP contribution >= 0.6 is 11.3 Å². The van der Waals surface area contributed by atoms with Gasteiger partial charge in [0.15, 0.2) is 0 Å². The fourth-order valence-electron chi connectivity index (χ4n) is 3.53. The summed E-state index contributed by atoms with van der Waals surface area (Å²) in [7, 11) is -3.53. The van der Waals surface area contributed by atoms with Crippen molar-refractivity contribution in [3.63, 3.8) is 0 Å². The maximum atomic E-state index is 13.1. The van der Waals surface area contributed by atoms with E-state index in [0.717, 1.165) is 10.4 Å². The molecule has 0 unspecified atom stereocenters. The number of aromatic nitrogens is 1. The second-order valence-electron chi connectivity index (χ2n) is 7.24. The molecule has 29 heavy (non-hydrogen) atoms. The molecule has 0 atom stereocenters. The molecule has 152 valence electrons. The first-order valence-corrected chi connectivity index (χ1v) is 11.7. The van der Waals surface area contributed by atoms with Crippen LogP contribution in [0.15, 0.2) is 57.7 Å². The Kier molecular flexibility index (Phi) is 5.33. The first kappa shape index (κ1) is 19.9. The van der Waals surface area contributed by atoms with Crippen molar-refractivity contribution in [1.82, 2.24) is 9.29 Å². The van der Waals surface area contributed by atoms with E-state index >= 15 is 0 Å². The van der Waals surface area contributed by atoms with Gasteiger partial charge in [0.05, 0.1) is 0 Å². The van der Waals surface area contributed by atoms with E-state index in [9.17, 15) is 13.2 Å². The molecule has 1 aliphatic rings. The van der Waals surface area contributed by atoms with Gasteiger partial charge in [-0.2, -0.15) is 4.31 Å². The Labute approximate surface area is 174 Å². The Balaban J connectivity index is 1.50. The number of rotatable bonds is 4. The Hall–Kier alpha value is -2.42. The van der Waals surface area contributed by atoms with E-state index in [1.54, 1.807) is 28.7 Å². The number of aromatic amines is 1. The number of pyridine rings is 1. The van der Waals surface area contributed by atoms with Crippen LogP contribution in [-0.4, -0.2) is 43.9 Å². The predicted octanol–water partition coefficient (Wildman–Crippen LogP) is 3.23. The second kappa shape index (κ2) is 7.78. The molecule has 6 nitrogen and oxygen atoms in total. The van der Waals surface area contributed by atoms with E-state index in [0.29, 0.717) is 30.4 Å². The van der Waals surface area contributed by atoms with E-state index in [-0.39, 0.29) is 5.56 Å². The van der Waals surface area contributed by atoms with Crippen molar-refractivity contribution in [2.75, 3.05) is 31.1 Å². The van der Waals surface area contributed by atoms with Crippen LogP contribution in [0.1, 0.15) is 11.1 Å². The van der Waals surface area contributed by atoms with E-state index in [1.165, 1.54) is 34.2 Å². The third-order valence-electron chi connectivity index (χ3n) is 5.19. The van der Waals surface area contributed by atoms with Gasteiger partial charge in [-0.05, 0) is 49.2 Å². The highest BCUT2D eigenvalue weighted by molar-refractivity contribution is 7.91. The summed E-state index contributed by atoms with van der Waals surface area (Å²) in [4.78, 5) is 16.9. The molecule has 3 heterocycles. The Morgan fingerprint density at radius 3 is 2.41 bits per heavy atom. The molecule has 0 spiro atoms. The molecule has 8 heteroatoms. The van der Waals surface area contributed by atoms with Gasteiger partial charge >= 0.3 is 0 Å². The number of nitrogens with one attached hydrogen (secondary N) is 1. The highest BCUT2D eigenvalue weighted by atomic mass is 32.2. The Morgan fingerprint density at radius 2 is 1.72 bits per heavy atom. The molecule has 1 saturated heterocycles. The van der Waals surface area contributed by atoms with Gasteiger partial charge in [0.1, 0.15) is 4.21 Å². The average molecular weight is 430 g/mol. The molecule has 0 amide bonds. The zero-order chi connectivity index (χ0) is 20.6. The van der Waals surface area contributed by atoms with Crippen LogP contribution in [-0.2, 0) is 10.0 Å². The fraction of sp³-hybridized carbons (Fsp3) is 0.286. The fourth-order valence-corrected chi connectivity index (χ4v) is 6.41. The van der Waals surface area contributed by atoms with Gasteiger partial charge < -0.3 is 9.88 Å². The largest absolute Gasteiger partial charge is 0.369 e. The molecular formula is C21H23N3O3S2. The van der Waals surface area contributed by atoms with Crippen molar-refractivity contribution >= 4 is 27.0 Å². The lowest BCUT2D eigenvalue weighted by molar-refractivity contribution is 0.385. The number of nitrogens with zero attached hydrogens (tertiary/aromatic N) is 2. The number of H-pyrrole nitrogens is 1. The topological polar surface area (TPSA) is 73.5 Å². The van der Waals surface area contributed by atoms with Crippen LogP contribution < -0.4 is 10.5 Å². The van der Waals surface area contributed by atoms with Gasteiger partial charge in [-0.25, -0.2) is 8.42 Å². The van der Waals surface area contributed by atoms with Crippen molar-refractivity contribution in [2.24, 2.45) is 0 Å². The molecule has 4 rings (SSSR count). The normalized spacial score (nSPS) is 15.6. The molecule has 0 saturated carbocycles. The average Bonchev–Trinajstić information content (AvgIpc) is 3.22. The van der Waals surface area contributed by atoms with Gasteiger partial charge in [-0.15, -0.1) is 11.3 Å². The van der Waals surface area contributed by atoms with E-state index in [2.05, 4.69) is 41.9 Å². The zero-order valence-electron chi connectivity index (χ0n) is 16.4. The van der Waals surface area contributed by atoms with Crippen LogP contribution in [0.5, 0.6) is 0 Å². The second-order valence-corrected chi connectivity index (χ2v) is 10.5. The Morgan fingerprint density at radius 1 is 0.966 bits per heavy atom. The summed E-state index contributed by atoms with van der Waals surface area (Å²) in [5.41, 5.74) is 4.21. The molecule has 0 bridgehead atoms. The first-order valence-electron chi connectivity index (χ1n) is 9.46. The lowest BCUT2D eigenvalue weighted by Crippen LogP contribution is -2.48. The van der Waals surface area contributed by atoms with Gasteiger partial charge in [-0.3, -0.25) is 4.79 Å². The number of aryl methyl sites for hydroxylation is 2. The standard InChI is InChI=1S/C21H23N3O3S2/c1-15-3-4-16(2)18(13-15)23-9-11-24(12-10-23)29(26,27)21-8-6-19(28-21)17-5-7-20(25)22-14-17/h3-8,13-14H,9-12H2,1-2H3,(H,22,25). The lowest BCUT2D eigenvalue weighted by Gasteiger charge is -2.36. The number of anilines is 1. The molecule has 0 aliphatic carbocycles. The lowest BCUT2D eigenvalue weighted by atomic mass is 10.1. The number of hydrogen-bond donors (Lipinski definition) is 1. The SMILES string of the molecule is Cc1ccc(C)c(N2CCN(S(=O)(=O)c3ccc(-c4ccc(=O)[nH]c4)s3)CC2)c1. The minimum atomic E-state index is -3.53. The summed E-state index contributed by atoms with van der Waals surface area (Å²) in [6.45, 7) is 6.41. The smallest absolute Gasteiger partial charge is 0.252 e. The van der Waals surface area contributed by atoms with Gasteiger partial charge in [0.2, 0.25) is 5.56 Å². The number of thiophene rings is 1. The maximum Gasteiger partial charge on any atom is 0.252 e. The van der Waals surface area contributed by atoms with E-state index < -0.39 is 10.0 Å². The quantitative estimate of drug-likeness (QED) is 0.691. The summed E-state index contributed by atoms with van der Waals surface area (Å²) in [5.74, 6) is 0. The molecule has 1 aliphatic heterocycles.